The molecule has 1 N–H and O–H groups in total. The molecule has 6 nitrogen and oxygen atoms in total. The van der Waals surface area contributed by atoms with Crippen LogP contribution in [0, 0.1) is 34.6 Å². The van der Waals surface area contributed by atoms with Gasteiger partial charge in [-0.3, -0.25) is 9.40 Å². The lowest BCUT2D eigenvalue weighted by Crippen LogP contribution is -2.17. The summed E-state index contributed by atoms with van der Waals surface area (Å²) in [5.74, 6) is 0.685. The molecule has 0 saturated heterocycles. The maximum atomic E-state index is 13.3. The molecule has 0 amide bonds. The third kappa shape index (κ3) is 4.21. The molecule has 0 aliphatic carbocycles. The van der Waals surface area contributed by atoms with E-state index in [1.54, 1.807) is 20.1 Å². The molecule has 7 heteroatoms. The molecule has 2 aromatic carbocycles. The minimum atomic E-state index is -3.78. The minimum absolute atomic E-state index is 0.289. The topological polar surface area (TPSA) is 73.2 Å². The van der Waals surface area contributed by atoms with Gasteiger partial charge in [0.1, 0.15) is 5.75 Å². The largest absolute Gasteiger partial charge is 0.496 e. The van der Waals surface area contributed by atoms with E-state index in [4.69, 9.17) is 4.74 Å². The van der Waals surface area contributed by atoms with Gasteiger partial charge >= 0.3 is 0 Å². The highest BCUT2D eigenvalue weighted by Gasteiger charge is 2.25. The fourth-order valence-electron chi connectivity index (χ4n) is 3.77. The van der Waals surface area contributed by atoms with Gasteiger partial charge in [-0.05, 0) is 69.4 Å². The summed E-state index contributed by atoms with van der Waals surface area (Å²) in [5, 5.41) is 4.56. The Hall–Kier alpha value is -2.80. The van der Waals surface area contributed by atoms with E-state index < -0.39 is 10.0 Å². The second-order valence-electron chi connectivity index (χ2n) is 7.58. The van der Waals surface area contributed by atoms with Crippen molar-refractivity contribution in [2.45, 2.75) is 52.5 Å². The van der Waals surface area contributed by atoms with E-state index in [2.05, 4.69) is 22.0 Å². The fourth-order valence-corrected chi connectivity index (χ4v) is 5.48. The van der Waals surface area contributed by atoms with Gasteiger partial charge in [0.05, 0.1) is 29.1 Å². The van der Waals surface area contributed by atoms with Crippen LogP contribution in [0.2, 0.25) is 0 Å². The molecule has 0 fully saturated rings. The highest BCUT2D eigenvalue weighted by molar-refractivity contribution is 7.92. The first kappa shape index (κ1) is 21.9. The van der Waals surface area contributed by atoms with Gasteiger partial charge in [-0.2, -0.15) is 5.10 Å². The number of benzene rings is 2. The lowest BCUT2D eigenvalue weighted by Gasteiger charge is -2.17. The van der Waals surface area contributed by atoms with Crippen molar-refractivity contribution in [2.24, 2.45) is 0 Å². The molecule has 3 rings (SSSR count). The zero-order valence-electron chi connectivity index (χ0n) is 18.4. The maximum Gasteiger partial charge on any atom is 0.262 e. The van der Waals surface area contributed by atoms with E-state index in [9.17, 15) is 8.42 Å². The van der Waals surface area contributed by atoms with Crippen LogP contribution in [-0.2, 0) is 23.0 Å². The predicted octanol–water partition coefficient (Wildman–Crippen LogP) is 4.48. The van der Waals surface area contributed by atoms with E-state index in [0.717, 1.165) is 17.7 Å². The average Bonchev–Trinajstić information content (AvgIpc) is 2.97. The van der Waals surface area contributed by atoms with Crippen LogP contribution in [0.5, 0.6) is 5.75 Å². The molecule has 0 saturated carbocycles. The van der Waals surface area contributed by atoms with Gasteiger partial charge in [0.25, 0.3) is 10.0 Å². The number of nitrogens with zero attached hydrogens (tertiary/aromatic N) is 2. The molecule has 1 heterocycles. The van der Waals surface area contributed by atoms with Crippen molar-refractivity contribution >= 4 is 15.7 Å². The summed E-state index contributed by atoms with van der Waals surface area (Å²) >= 11 is 0. The van der Waals surface area contributed by atoms with Crippen LogP contribution >= 0.6 is 0 Å². The van der Waals surface area contributed by atoms with Crippen molar-refractivity contribution in [1.29, 1.82) is 0 Å². The summed E-state index contributed by atoms with van der Waals surface area (Å²) < 4.78 is 36.6. The summed E-state index contributed by atoms with van der Waals surface area (Å²) in [4.78, 5) is 0.289. The van der Waals surface area contributed by atoms with Crippen LogP contribution in [0.15, 0.2) is 41.3 Å². The number of anilines is 1. The smallest absolute Gasteiger partial charge is 0.262 e. The van der Waals surface area contributed by atoms with Gasteiger partial charge in [0, 0.05) is 6.54 Å². The first-order valence-corrected chi connectivity index (χ1v) is 11.4. The molecule has 0 aliphatic rings. The van der Waals surface area contributed by atoms with Crippen molar-refractivity contribution < 1.29 is 13.2 Å². The molecule has 0 radical (unpaired) electrons. The SMILES string of the molecule is COc1cc(C)c(S(=O)(=O)Nc2c(C)nn(CCc3ccccc3)c2C)c(C)c1C. The van der Waals surface area contributed by atoms with Gasteiger partial charge in [0.15, 0.2) is 0 Å². The molecular weight excluding hydrogens is 398 g/mol. The van der Waals surface area contributed by atoms with E-state index in [1.165, 1.54) is 5.56 Å². The normalized spacial score (nSPS) is 11.5. The molecule has 30 heavy (non-hydrogen) atoms. The molecule has 0 aliphatic heterocycles. The Morgan fingerprint density at radius 3 is 2.33 bits per heavy atom. The Balaban J connectivity index is 1.91. The van der Waals surface area contributed by atoms with Gasteiger partial charge in [-0.15, -0.1) is 0 Å². The van der Waals surface area contributed by atoms with Crippen LogP contribution in [0.4, 0.5) is 5.69 Å². The molecule has 0 unspecified atom stereocenters. The number of methoxy groups -OCH3 is 1. The number of nitrogens with one attached hydrogen (secondary N) is 1. The maximum absolute atomic E-state index is 13.3. The predicted molar refractivity (Wildman–Crippen MR) is 120 cm³/mol. The van der Waals surface area contributed by atoms with Crippen molar-refractivity contribution in [3.63, 3.8) is 0 Å². The number of ether oxygens (including phenoxy) is 1. The Morgan fingerprint density at radius 1 is 1.03 bits per heavy atom. The second kappa shape index (κ2) is 8.52. The number of hydrogen-bond donors (Lipinski definition) is 1. The van der Waals surface area contributed by atoms with Gasteiger partial charge in [0.2, 0.25) is 0 Å². The molecule has 0 atom stereocenters. The number of aryl methyl sites for hydroxylation is 4. The van der Waals surface area contributed by atoms with Crippen molar-refractivity contribution in [2.75, 3.05) is 11.8 Å². The van der Waals surface area contributed by atoms with Crippen LogP contribution in [0.25, 0.3) is 0 Å². The molecule has 1 aromatic heterocycles. The van der Waals surface area contributed by atoms with Crippen molar-refractivity contribution in [1.82, 2.24) is 9.78 Å². The zero-order chi connectivity index (χ0) is 22.1. The molecular formula is C23H29N3O3S. The number of hydrogen-bond acceptors (Lipinski definition) is 4. The van der Waals surface area contributed by atoms with Crippen LogP contribution in [-0.4, -0.2) is 25.3 Å². The second-order valence-corrected chi connectivity index (χ2v) is 9.20. The molecule has 0 bridgehead atoms. The van der Waals surface area contributed by atoms with Gasteiger partial charge in [-0.1, -0.05) is 30.3 Å². The van der Waals surface area contributed by atoms with E-state index in [0.29, 0.717) is 34.8 Å². The standard InChI is InChI=1S/C23H29N3O3S/c1-15-14-21(29-6)16(2)17(3)23(15)30(27,28)25-22-18(4)24-26(19(22)5)13-12-20-10-8-7-9-11-20/h7-11,14,25H,12-13H2,1-6H3. The summed E-state index contributed by atoms with van der Waals surface area (Å²) in [5.41, 5.74) is 5.36. The quantitative estimate of drug-likeness (QED) is 0.603. The third-order valence-electron chi connectivity index (χ3n) is 5.54. The summed E-state index contributed by atoms with van der Waals surface area (Å²) in [6.07, 6.45) is 0.824. The van der Waals surface area contributed by atoms with E-state index in [-0.39, 0.29) is 4.90 Å². The highest BCUT2D eigenvalue weighted by atomic mass is 32.2. The average molecular weight is 428 g/mol. The first-order valence-electron chi connectivity index (χ1n) is 9.91. The number of sulfonamides is 1. The van der Waals surface area contributed by atoms with Gasteiger partial charge in [-0.25, -0.2) is 8.42 Å². The summed E-state index contributed by atoms with van der Waals surface area (Å²) in [6.45, 7) is 9.85. The number of rotatable bonds is 7. The zero-order valence-corrected chi connectivity index (χ0v) is 19.2. The van der Waals surface area contributed by atoms with Crippen molar-refractivity contribution in [3.8, 4) is 5.75 Å². The molecule has 3 aromatic rings. The fraction of sp³-hybridized carbons (Fsp3) is 0.348. The van der Waals surface area contributed by atoms with E-state index in [1.807, 2.05) is 50.6 Å². The Kier molecular flexibility index (Phi) is 6.22. The number of aromatic nitrogens is 2. The Morgan fingerprint density at radius 2 is 1.70 bits per heavy atom. The first-order chi connectivity index (χ1) is 14.2. The highest BCUT2D eigenvalue weighted by Crippen LogP contribution is 2.32. The minimum Gasteiger partial charge on any atom is -0.496 e. The van der Waals surface area contributed by atoms with Gasteiger partial charge < -0.3 is 4.74 Å². The lowest BCUT2D eigenvalue weighted by molar-refractivity contribution is 0.410. The van der Waals surface area contributed by atoms with Crippen LogP contribution in [0.1, 0.15) is 33.6 Å². The summed E-state index contributed by atoms with van der Waals surface area (Å²) in [7, 11) is -2.19. The third-order valence-corrected chi connectivity index (χ3v) is 7.18. The van der Waals surface area contributed by atoms with Crippen molar-refractivity contribution in [3.05, 3.63) is 70.0 Å². The lowest BCUT2D eigenvalue weighted by atomic mass is 10.1. The monoisotopic (exact) mass is 427 g/mol. The van der Waals surface area contributed by atoms with E-state index >= 15 is 0 Å². The Bertz CT molecular complexity index is 1170. The molecule has 0 spiro atoms. The summed E-state index contributed by atoms with van der Waals surface area (Å²) in [6, 6.07) is 11.9. The molecule has 160 valence electrons. The Labute approximate surface area is 178 Å². The van der Waals surface area contributed by atoms with Crippen LogP contribution in [0.3, 0.4) is 0 Å². The van der Waals surface area contributed by atoms with Crippen LogP contribution < -0.4 is 9.46 Å².